The summed E-state index contributed by atoms with van der Waals surface area (Å²) in [6.45, 7) is 1.68. The molecule has 1 atom stereocenters. The zero-order valence-electron chi connectivity index (χ0n) is 10.6. The molecule has 0 aliphatic rings. The van der Waals surface area contributed by atoms with Crippen molar-refractivity contribution in [1.29, 1.82) is 0 Å². The van der Waals surface area contributed by atoms with Gasteiger partial charge in [0.25, 0.3) is 0 Å². The van der Waals surface area contributed by atoms with Crippen molar-refractivity contribution >= 4 is 17.5 Å². The molecule has 1 unspecified atom stereocenters. The number of nitrogens with one attached hydrogen (secondary N) is 1. The third-order valence-corrected chi connectivity index (χ3v) is 2.93. The van der Waals surface area contributed by atoms with E-state index in [1.54, 1.807) is 0 Å². The van der Waals surface area contributed by atoms with Gasteiger partial charge >= 0.3 is 12.4 Å². The molecule has 118 valence electrons. The van der Waals surface area contributed by atoms with Crippen molar-refractivity contribution in [3.63, 3.8) is 0 Å². The van der Waals surface area contributed by atoms with Gasteiger partial charge in [-0.1, -0.05) is 0 Å². The van der Waals surface area contributed by atoms with E-state index in [1.165, 1.54) is 6.92 Å². The Labute approximate surface area is 121 Å². The van der Waals surface area contributed by atoms with E-state index in [1.807, 2.05) is 0 Å². The van der Waals surface area contributed by atoms with Crippen LogP contribution in [-0.4, -0.2) is 12.5 Å². The van der Waals surface area contributed by atoms with Crippen molar-refractivity contribution in [3.05, 3.63) is 34.9 Å². The maximum atomic E-state index is 12.6. The van der Waals surface area contributed by atoms with E-state index < -0.39 is 40.3 Å². The van der Waals surface area contributed by atoms with Crippen LogP contribution in [0.4, 0.5) is 26.3 Å². The van der Waals surface area contributed by atoms with Crippen molar-refractivity contribution < 1.29 is 31.1 Å². The summed E-state index contributed by atoms with van der Waals surface area (Å²) in [6.07, 6.45) is -9.96. The molecule has 21 heavy (non-hydrogen) atoms. The zero-order valence-corrected chi connectivity index (χ0v) is 11.3. The second kappa shape index (κ2) is 6.13. The summed E-state index contributed by atoms with van der Waals surface area (Å²) in [6, 6.07) is 0.842. The molecular weight excluding hydrogens is 324 g/mol. The SMILES string of the molecule is CCNC(=O)C(Cl)c1cc(C(F)(F)F)cc(C(F)(F)F)c1. The highest BCUT2D eigenvalue weighted by Gasteiger charge is 2.37. The lowest BCUT2D eigenvalue weighted by Crippen LogP contribution is -2.27. The standard InChI is InChI=1S/C12H10ClF6NO/c1-2-20-10(21)9(13)6-3-7(11(14,15)16)5-8(4-6)12(17,18)19/h3-5,9H,2H2,1H3,(H,20,21). The molecule has 0 radical (unpaired) electrons. The van der Waals surface area contributed by atoms with Crippen LogP contribution < -0.4 is 5.32 Å². The smallest absolute Gasteiger partial charge is 0.355 e. The number of hydrogen-bond acceptors (Lipinski definition) is 1. The summed E-state index contributed by atoms with van der Waals surface area (Å²) < 4.78 is 75.8. The molecule has 1 N–H and O–H groups in total. The quantitative estimate of drug-likeness (QED) is 0.653. The van der Waals surface area contributed by atoms with E-state index >= 15 is 0 Å². The lowest BCUT2D eigenvalue weighted by atomic mass is 10.0. The predicted molar refractivity (Wildman–Crippen MR) is 63.7 cm³/mol. The zero-order chi connectivity index (χ0) is 16.4. The van der Waals surface area contributed by atoms with Gasteiger partial charge in [0, 0.05) is 6.54 Å². The van der Waals surface area contributed by atoms with Crippen molar-refractivity contribution in [1.82, 2.24) is 5.32 Å². The summed E-state index contributed by atoms with van der Waals surface area (Å²) >= 11 is 5.63. The molecule has 0 bridgehead atoms. The molecule has 0 fully saturated rings. The van der Waals surface area contributed by atoms with Crippen LogP contribution >= 0.6 is 11.6 Å². The number of carbonyl (C=O) groups excluding carboxylic acids is 1. The van der Waals surface area contributed by atoms with E-state index in [0.29, 0.717) is 12.1 Å². The van der Waals surface area contributed by atoms with Gasteiger partial charge in [0.15, 0.2) is 0 Å². The summed E-state index contributed by atoms with van der Waals surface area (Å²) in [5.74, 6) is -0.869. The average Bonchev–Trinajstić information content (AvgIpc) is 2.35. The van der Waals surface area contributed by atoms with Crippen LogP contribution in [0.25, 0.3) is 0 Å². The molecule has 0 saturated carbocycles. The van der Waals surface area contributed by atoms with Crippen LogP contribution in [-0.2, 0) is 17.1 Å². The first-order valence-electron chi connectivity index (χ1n) is 5.68. The highest BCUT2D eigenvalue weighted by Crippen LogP contribution is 2.38. The molecular formula is C12H10ClF6NO. The maximum Gasteiger partial charge on any atom is 0.416 e. The van der Waals surface area contributed by atoms with Gasteiger partial charge in [0.2, 0.25) is 5.91 Å². The molecule has 2 nitrogen and oxygen atoms in total. The molecule has 1 rings (SSSR count). The summed E-state index contributed by atoms with van der Waals surface area (Å²) in [5.41, 5.74) is -3.59. The van der Waals surface area contributed by atoms with Gasteiger partial charge in [-0.05, 0) is 30.7 Å². The third-order valence-electron chi connectivity index (χ3n) is 2.48. The Balaban J connectivity index is 3.35. The van der Waals surface area contributed by atoms with Crippen molar-refractivity contribution in [2.45, 2.75) is 24.7 Å². The van der Waals surface area contributed by atoms with E-state index in [4.69, 9.17) is 11.6 Å². The molecule has 1 aromatic carbocycles. The minimum Gasteiger partial charge on any atom is -0.355 e. The topological polar surface area (TPSA) is 29.1 Å². The molecule has 9 heteroatoms. The predicted octanol–water partition coefficient (Wildman–Crippen LogP) is 4.14. The Morgan fingerprint density at radius 1 is 1.10 bits per heavy atom. The van der Waals surface area contributed by atoms with Gasteiger partial charge in [-0.2, -0.15) is 26.3 Å². The second-order valence-corrected chi connectivity index (χ2v) is 4.53. The summed E-state index contributed by atoms with van der Waals surface area (Å²) in [5, 5.41) is 0.582. The first-order valence-corrected chi connectivity index (χ1v) is 6.11. The van der Waals surface area contributed by atoms with Crippen LogP contribution in [0.1, 0.15) is 29.0 Å². The normalized spacial score (nSPS) is 13.9. The number of halogens is 7. The molecule has 1 aromatic rings. The minimum atomic E-state index is -4.98. The van der Waals surface area contributed by atoms with Gasteiger partial charge in [-0.15, -0.1) is 11.6 Å². The van der Waals surface area contributed by atoms with E-state index in [2.05, 4.69) is 5.32 Å². The van der Waals surface area contributed by atoms with Gasteiger partial charge < -0.3 is 5.32 Å². The van der Waals surface area contributed by atoms with Gasteiger partial charge in [0.05, 0.1) is 11.1 Å². The molecule has 0 spiro atoms. The van der Waals surface area contributed by atoms with E-state index in [-0.39, 0.29) is 12.6 Å². The average molecular weight is 334 g/mol. The fourth-order valence-electron chi connectivity index (χ4n) is 1.54. The number of benzene rings is 1. The summed E-state index contributed by atoms with van der Waals surface area (Å²) in [7, 11) is 0. The van der Waals surface area contributed by atoms with Gasteiger partial charge in [-0.3, -0.25) is 4.79 Å². The maximum absolute atomic E-state index is 12.6. The van der Waals surface area contributed by atoms with Gasteiger partial charge in [-0.25, -0.2) is 0 Å². The Morgan fingerprint density at radius 2 is 1.52 bits per heavy atom. The monoisotopic (exact) mass is 333 g/mol. The van der Waals surface area contributed by atoms with Crippen molar-refractivity contribution in [3.8, 4) is 0 Å². The number of carbonyl (C=O) groups is 1. The third kappa shape index (κ3) is 4.52. The second-order valence-electron chi connectivity index (χ2n) is 4.10. The molecule has 0 aliphatic carbocycles. The highest BCUT2D eigenvalue weighted by molar-refractivity contribution is 6.30. The Kier molecular flexibility index (Phi) is 5.14. The Hall–Kier alpha value is -1.44. The number of rotatable bonds is 3. The van der Waals surface area contributed by atoms with E-state index in [0.717, 1.165) is 0 Å². The number of hydrogen-bond donors (Lipinski definition) is 1. The Bertz CT molecular complexity index is 493. The first kappa shape index (κ1) is 17.6. The number of alkyl halides is 7. The minimum absolute atomic E-state index is 0.0230. The lowest BCUT2D eigenvalue weighted by Gasteiger charge is -2.16. The van der Waals surface area contributed by atoms with Crippen LogP contribution in [0.2, 0.25) is 0 Å². The van der Waals surface area contributed by atoms with Crippen molar-refractivity contribution in [2.75, 3.05) is 6.54 Å². The fourth-order valence-corrected chi connectivity index (χ4v) is 1.74. The fraction of sp³-hybridized carbons (Fsp3) is 0.417. The molecule has 0 heterocycles. The molecule has 1 amide bonds. The largest absolute Gasteiger partial charge is 0.416 e. The number of amides is 1. The van der Waals surface area contributed by atoms with Gasteiger partial charge in [0.1, 0.15) is 5.38 Å². The number of likely N-dealkylation sites (N-methyl/N-ethyl adjacent to an activating group) is 1. The molecule has 0 saturated heterocycles. The van der Waals surface area contributed by atoms with Crippen LogP contribution in [0.3, 0.4) is 0 Å². The van der Waals surface area contributed by atoms with Crippen molar-refractivity contribution in [2.24, 2.45) is 0 Å². The highest BCUT2D eigenvalue weighted by atomic mass is 35.5. The molecule has 0 aromatic heterocycles. The Morgan fingerprint density at radius 3 is 1.86 bits per heavy atom. The first-order chi connectivity index (χ1) is 9.46. The van der Waals surface area contributed by atoms with Crippen LogP contribution in [0.5, 0.6) is 0 Å². The van der Waals surface area contributed by atoms with E-state index in [9.17, 15) is 31.1 Å². The van der Waals surface area contributed by atoms with Crippen LogP contribution in [0.15, 0.2) is 18.2 Å². The summed E-state index contributed by atoms with van der Waals surface area (Å²) in [4.78, 5) is 11.5. The molecule has 0 aliphatic heterocycles. The van der Waals surface area contributed by atoms with Crippen LogP contribution in [0, 0.1) is 0 Å². The lowest BCUT2D eigenvalue weighted by molar-refractivity contribution is -0.143.